The van der Waals surface area contributed by atoms with Gasteiger partial charge in [-0.05, 0) is 77.0 Å². The zero-order valence-electron chi connectivity index (χ0n) is 43.7. The molecule has 2 rings (SSSR count). The molecule has 14 heteroatoms. The number of esters is 1. The molecular formula is C57H98O14. The molecular weight excluding hydrogens is 909 g/mol. The van der Waals surface area contributed by atoms with Gasteiger partial charge in [0.05, 0.1) is 26.4 Å². The molecule has 0 aliphatic carbocycles. The standard InChI is InChI=1S/C57H98O14/c1-3-5-7-9-11-13-15-17-19-20-21-22-23-24-25-26-27-28-30-32-34-36-38-40-49(59)69-46(43-66-41-39-37-35-33-31-29-18-16-14-12-10-8-6-4-2)44-67-56-55(65)53(63)51(61)48(71-56)45-68-57-54(64)52(62)50(60)47(42-58)70-57/h6,8,12,14-15,17-18,20-21,29,33,35,46-48,50-58,60-65H,3-5,7,9-11,13,16,19,22-28,30-32,34,36-45H2,1-2H3/b8-6-,14-12-,17-15-,21-20-,29-18-,35-33-. The summed E-state index contributed by atoms with van der Waals surface area (Å²) in [5.74, 6) is -0.399. The average molecular weight is 1010 g/mol. The fourth-order valence-corrected chi connectivity index (χ4v) is 8.26. The minimum atomic E-state index is -1.72. The SMILES string of the molecule is CC/C=C\C/C=C\C/C=C\C/C=C\CCCOCC(COC1OC(COC2OC(CO)C(O)C(O)C2O)C(O)C(O)C1O)OC(=O)CCCCCCCCCCCCC/C=C\C/C=C\CCCCCCC. The van der Waals surface area contributed by atoms with Gasteiger partial charge in [-0.15, -0.1) is 0 Å². The van der Waals surface area contributed by atoms with Crippen molar-refractivity contribution >= 4 is 5.97 Å². The molecule has 11 atom stereocenters. The van der Waals surface area contributed by atoms with Gasteiger partial charge in [-0.2, -0.15) is 0 Å². The van der Waals surface area contributed by atoms with Crippen LogP contribution in [0.2, 0.25) is 0 Å². The predicted molar refractivity (Wildman–Crippen MR) is 279 cm³/mol. The van der Waals surface area contributed by atoms with Crippen molar-refractivity contribution in [3.05, 3.63) is 72.9 Å². The summed E-state index contributed by atoms with van der Waals surface area (Å²) in [6.07, 6.45) is 38.4. The Kier molecular flexibility index (Phi) is 39.8. The number of allylic oxidation sites excluding steroid dienone is 12. The Balaban J connectivity index is 1.73. The number of aliphatic hydroxyl groups is 7. The number of carbonyl (C=O) groups excluding carboxylic acids is 1. The summed E-state index contributed by atoms with van der Waals surface area (Å²) < 4.78 is 34.2. The quantitative estimate of drug-likeness (QED) is 0.0173. The molecule has 0 spiro atoms. The third-order valence-corrected chi connectivity index (χ3v) is 12.7. The van der Waals surface area contributed by atoms with Crippen molar-refractivity contribution in [3.63, 3.8) is 0 Å². The molecule has 0 amide bonds. The van der Waals surface area contributed by atoms with Crippen LogP contribution in [0.1, 0.15) is 181 Å². The molecule has 0 bridgehead atoms. The molecule has 2 saturated heterocycles. The van der Waals surface area contributed by atoms with Crippen molar-refractivity contribution in [3.8, 4) is 0 Å². The Bertz CT molecular complexity index is 1450. The summed E-state index contributed by atoms with van der Waals surface area (Å²) in [6, 6.07) is 0. The van der Waals surface area contributed by atoms with Gasteiger partial charge in [0.15, 0.2) is 12.6 Å². The number of carbonyl (C=O) groups is 1. The summed E-state index contributed by atoms with van der Waals surface area (Å²) in [5.41, 5.74) is 0. The minimum absolute atomic E-state index is 0.0197. The van der Waals surface area contributed by atoms with Gasteiger partial charge in [-0.3, -0.25) is 4.79 Å². The Morgan fingerprint density at radius 1 is 0.479 bits per heavy atom. The molecule has 0 aromatic heterocycles. The highest BCUT2D eigenvalue weighted by Crippen LogP contribution is 2.26. The monoisotopic (exact) mass is 1010 g/mol. The van der Waals surface area contributed by atoms with Gasteiger partial charge in [-0.25, -0.2) is 0 Å². The first-order chi connectivity index (χ1) is 34.6. The van der Waals surface area contributed by atoms with E-state index in [9.17, 15) is 40.5 Å². The van der Waals surface area contributed by atoms with E-state index in [-0.39, 0.29) is 19.6 Å². The second-order valence-electron chi connectivity index (χ2n) is 19.0. The molecule has 0 saturated carbocycles. The maximum Gasteiger partial charge on any atom is 0.306 e. The van der Waals surface area contributed by atoms with Crippen molar-refractivity contribution in [1.82, 2.24) is 0 Å². The van der Waals surface area contributed by atoms with Crippen LogP contribution in [-0.2, 0) is 33.2 Å². The lowest BCUT2D eigenvalue weighted by molar-refractivity contribution is -0.332. The highest BCUT2D eigenvalue weighted by molar-refractivity contribution is 5.69. The summed E-state index contributed by atoms with van der Waals surface area (Å²) in [5, 5.41) is 72.2. The second kappa shape index (κ2) is 43.8. The smallest absolute Gasteiger partial charge is 0.306 e. The molecule has 14 nitrogen and oxygen atoms in total. The largest absolute Gasteiger partial charge is 0.457 e. The Labute approximate surface area is 427 Å². The first kappa shape index (κ1) is 64.5. The van der Waals surface area contributed by atoms with Gasteiger partial charge in [0, 0.05) is 13.0 Å². The van der Waals surface area contributed by atoms with Crippen LogP contribution in [0.25, 0.3) is 0 Å². The number of hydrogen-bond donors (Lipinski definition) is 7. The summed E-state index contributed by atoms with van der Waals surface area (Å²) >= 11 is 0. The van der Waals surface area contributed by atoms with Crippen LogP contribution >= 0.6 is 0 Å². The highest BCUT2D eigenvalue weighted by Gasteiger charge is 2.47. The lowest BCUT2D eigenvalue weighted by Gasteiger charge is -2.42. The molecule has 0 aromatic rings. The van der Waals surface area contributed by atoms with Crippen molar-refractivity contribution in [1.29, 1.82) is 0 Å². The van der Waals surface area contributed by atoms with E-state index in [1.807, 2.05) is 0 Å². The number of unbranched alkanes of at least 4 members (excludes halogenated alkanes) is 17. The van der Waals surface area contributed by atoms with E-state index < -0.39 is 86.7 Å². The van der Waals surface area contributed by atoms with Gasteiger partial charge in [-0.1, -0.05) is 170 Å². The number of rotatable bonds is 43. The van der Waals surface area contributed by atoms with Crippen LogP contribution in [-0.4, -0.2) is 142 Å². The maximum absolute atomic E-state index is 13.0. The van der Waals surface area contributed by atoms with Crippen molar-refractivity contribution in [2.45, 2.75) is 248 Å². The van der Waals surface area contributed by atoms with E-state index in [0.29, 0.717) is 13.0 Å². The van der Waals surface area contributed by atoms with Crippen molar-refractivity contribution in [2.75, 3.05) is 33.0 Å². The Morgan fingerprint density at radius 3 is 1.44 bits per heavy atom. The van der Waals surface area contributed by atoms with Crippen molar-refractivity contribution < 1.29 is 69.0 Å². The maximum atomic E-state index is 13.0. The summed E-state index contributed by atoms with van der Waals surface area (Å²) in [7, 11) is 0. The molecule has 7 N–H and O–H groups in total. The molecule has 2 heterocycles. The number of aliphatic hydroxyl groups excluding tert-OH is 7. The zero-order valence-corrected chi connectivity index (χ0v) is 43.7. The minimum Gasteiger partial charge on any atom is -0.457 e. The first-order valence-electron chi connectivity index (χ1n) is 27.5. The topological polar surface area (TPSA) is 214 Å². The van der Waals surface area contributed by atoms with Gasteiger partial charge < -0.3 is 64.2 Å². The highest BCUT2D eigenvalue weighted by atomic mass is 16.7. The van der Waals surface area contributed by atoms with E-state index in [0.717, 1.165) is 64.2 Å². The molecule has 2 aliphatic heterocycles. The van der Waals surface area contributed by atoms with Gasteiger partial charge in [0.2, 0.25) is 0 Å². The van der Waals surface area contributed by atoms with E-state index in [1.54, 1.807) is 0 Å². The van der Waals surface area contributed by atoms with Crippen LogP contribution in [0.4, 0.5) is 0 Å². The zero-order chi connectivity index (χ0) is 51.6. The average Bonchev–Trinajstić information content (AvgIpc) is 3.37. The molecule has 0 aromatic carbocycles. The number of hydrogen-bond acceptors (Lipinski definition) is 14. The fourth-order valence-electron chi connectivity index (χ4n) is 8.26. The Hall–Kier alpha value is -2.57. The van der Waals surface area contributed by atoms with E-state index in [1.165, 1.54) is 89.9 Å². The van der Waals surface area contributed by atoms with Crippen LogP contribution in [0, 0.1) is 0 Å². The van der Waals surface area contributed by atoms with E-state index >= 15 is 0 Å². The molecule has 410 valence electrons. The lowest BCUT2D eigenvalue weighted by atomic mass is 9.98. The predicted octanol–water partition coefficient (Wildman–Crippen LogP) is 9.08. The van der Waals surface area contributed by atoms with Gasteiger partial charge in [0.25, 0.3) is 0 Å². The molecule has 2 aliphatic rings. The van der Waals surface area contributed by atoms with Gasteiger partial charge in [0.1, 0.15) is 54.9 Å². The second-order valence-corrected chi connectivity index (χ2v) is 19.0. The molecule has 0 radical (unpaired) electrons. The van der Waals surface area contributed by atoms with Crippen LogP contribution in [0.5, 0.6) is 0 Å². The molecule has 2 fully saturated rings. The summed E-state index contributed by atoms with van der Waals surface area (Å²) in [4.78, 5) is 13.0. The van der Waals surface area contributed by atoms with Gasteiger partial charge >= 0.3 is 5.97 Å². The van der Waals surface area contributed by atoms with Crippen molar-refractivity contribution in [2.24, 2.45) is 0 Å². The third kappa shape index (κ3) is 31.0. The van der Waals surface area contributed by atoms with Crippen LogP contribution < -0.4 is 0 Å². The lowest BCUT2D eigenvalue weighted by Crippen LogP contribution is -2.61. The summed E-state index contributed by atoms with van der Waals surface area (Å²) in [6.45, 7) is 3.40. The van der Waals surface area contributed by atoms with Crippen LogP contribution in [0.3, 0.4) is 0 Å². The van der Waals surface area contributed by atoms with E-state index in [2.05, 4.69) is 86.8 Å². The molecule has 11 unspecified atom stereocenters. The molecule has 71 heavy (non-hydrogen) atoms. The number of ether oxygens (including phenoxy) is 6. The Morgan fingerprint density at radius 2 is 0.915 bits per heavy atom. The van der Waals surface area contributed by atoms with Crippen LogP contribution in [0.15, 0.2) is 72.9 Å². The third-order valence-electron chi connectivity index (χ3n) is 12.7. The normalized spacial score (nSPS) is 25.9. The first-order valence-corrected chi connectivity index (χ1v) is 27.5. The fraction of sp³-hybridized carbons (Fsp3) is 0.772. The van der Waals surface area contributed by atoms with E-state index in [4.69, 9.17) is 28.4 Å².